The van der Waals surface area contributed by atoms with Crippen molar-refractivity contribution in [3.63, 3.8) is 0 Å². The highest BCUT2D eigenvalue weighted by atomic mass is 32.2. The van der Waals surface area contributed by atoms with Gasteiger partial charge in [0.15, 0.2) is 0 Å². The zero-order valence-electron chi connectivity index (χ0n) is 8.19. The van der Waals surface area contributed by atoms with Crippen LogP contribution in [0.25, 0.3) is 0 Å². The monoisotopic (exact) mass is 190 g/mol. The quantitative estimate of drug-likeness (QED) is 0.520. The van der Waals surface area contributed by atoms with Crippen molar-refractivity contribution < 1.29 is 5.11 Å². The number of rotatable bonds is 5. The molecule has 0 saturated carbocycles. The number of aliphatic hydroxyl groups is 1. The molecule has 0 aromatic rings. The predicted octanol–water partition coefficient (Wildman–Crippen LogP) is 1.04. The Labute approximate surface area is 78.9 Å². The maximum Gasteiger partial charge on any atom is 0.0910 e. The molecule has 12 heavy (non-hydrogen) atoms. The van der Waals surface area contributed by atoms with E-state index in [1.54, 1.807) is 24.2 Å². The van der Waals surface area contributed by atoms with Crippen LogP contribution in [-0.2, 0) is 0 Å². The second-order valence-electron chi connectivity index (χ2n) is 3.09. The van der Waals surface area contributed by atoms with Crippen molar-refractivity contribution in [2.45, 2.75) is 25.2 Å². The first kappa shape index (κ1) is 11.9. The predicted molar refractivity (Wildman–Crippen MR) is 55.8 cm³/mol. The minimum absolute atomic E-state index is 0.218. The average molecular weight is 190 g/mol. The van der Waals surface area contributed by atoms with Crippen LogP contribution in [-0.4, -0.2) is 47.7 Å². The van der Waals surface area contributed by atoms with Crippen molar-refractivity contribution in [2.24, 2.45) is 4.99 Å². The summed E-state index contributed by atoms with van der Waals surface area (Å²) in [4.78, 5) is 6.14. The molecule has 0 aliphatic carbocycles. The maximum absolute atomic E-state index is 9.14. The van der Waals surface area contributed by atoms with Crippen LogP contribution in [0.15, 0.2) is 4.99 Å². The van der Waals surface area contributed by atoms with Gasteiger partial charge in [-0.25, -0.2) is 0 Å². The van der Waals surface area contributed by atoms with Gasteiger partial charge in [-0.15, -0.1) is 11.8 Å². The van der Waals surface area contributed by atoms with Crippen molar-refractivity contribution in [2.75, 3.05) is 20.8 Å². The second kappa shape index (κ2) is 6.46. The van der Waals surface area contributed by atoms with E-state index in [0.717, 1.165) is 0 Å². The number of thioether (sulfide) groups is 1. The topological polar surface area (TPSA) is 35.8 Å². The first-order valence-corrected chi connectivity index (χ1v) is 4.95. The largest absolute Gasteiger partial charge is 0.392 e. The van der Waals surface area contributed by atoms with Gasteiger partial charge in [0.1, 0.15) is 0 Å². The molecule has 0 aromatic heterocycles. The zero-order valence-corrected chi connectivity index (χ0v) is 9.01. The Kier molecular flexibility index (Phi) is 6.42. The van der Waals surface area contributed by atoms with Crippen LogP contribution in [0.5, 0.6) is 0 Å². The molecule has 0 rings (SSSR count). The lowest BCUT2D eigenvalue weighted by Crippen LogP contribution is -2.15. The molecule has 0 saturated heterocycles. The molecular formula is C8H18N2OS. The summed E-state index contributed by atoms with van der Waals surface area (Å²) >= 11 is 1.56. The molecule has 0 aliphatic rings. The Bertz CT molecular complexity index is 137. The molecule has 0 aromatic carbocycles. The van der Waals surface area contributed by atoms with Gasteiger partial charge in [0.25, 0.3) is 0 Å². The summed E-state index contributed by atoms with van der Waals surface area (Å²) in [5, 5.41) is 9.35. The Morgan fingerprint density at radius 2 is 2.08 bits per heavy atom. The van der Waals surface area contributed by atoms with Crippen LogP contribution in [0.1, 0.15) is 13.8 Å². The molecule has 0 fully saturated rings. The van der Waals surface area contributed by atoms with E-state index in [9.17, 15) is 0 Å². The molecule has 1 N–H and O–H groups in total. The molecule has 0 bridgehead atoms. The van der Waals surface area contributed by atoms with Crippen molar-refractivity contribution in [3.8, 4) is 0 Å². The Balaban J connectivity index is 3.46. The number of hydrogen-bond donors (Lipinski definition) is 1. The molecule has 0 spiro atoms. The van der Waals surface area contributed by atoms with Gasteiger partial charge < -0.3 is 5.11 Å². The highest BCUT2D eigenvalue weighted by Crippen LogP contribution is 2.10. The van der Waals surface area contributed by atoms with Gasteiger partial charge in [-0.05, 0) is 21.0 Å². The average Bonchev–Trinajstić information content (AvgIpc) is 1.97. The lowest BCUT2D eigenvalue weighted by atomic mass is 10.3. The van der Waals surface area contributed by atoms with E-state index < -0.39 is 0 Å². The van der Waals surface area contributed by atoms with Crippen molar-refractivity contribution in [1.82, 2.24) is 4.90 Å². The Morgan fingerprint density at radius 3 is 2.50 bits per heavy atom. The normalized spacial score (nSPS) is 17.2. The lowest BCUT2D eigenvalue weighted by molar-refractivity contribution is 0.196. The van der Waals surface area contributed by atoms with E-state index in [4.69, 9.17) is 5.11 Å². The first-order valence-electron chi connectivity index (χ1n) is 4.00. The third kappa shape index (κ3) is 6.64. The standard InChI is InChI=1S/C8H18N2OS/c1-7(11)8(2)12-6-9-5-10(3)4/h6-8,11H,5H2,1-4H3/t7-,8?/m0/s1. The molecule has 2 atom stereocenters. The minimum Gasteiger partial charge on any atom is -0.392 e. The molecule has 0 radical (unpaired) electrons. The summed E-state index contributed by atoms with van der Waals surface area (Å²) in [5.41, 5.74) is 1.80. The summed E-state index contributed by atoms with van der Waals surface area (Å²) in [6.45, 7) is 4.48. The summed E-state index contributed by atoms with van der Waals surface area (Å²) in [7, 11) is 3.94. The smallest absolute Gasteiger partial charge is 0.0910 e. The van der Waals surface area contributed by atoms with E-state index in [-0.39, 0.29) is 11.4 Å². The van der Waals surface area contributed by atoms with Crippen LogP contribution < -0.4 is 0 Å². The summed E-state index contributed by atoms with van der Waals surface area (Å²) in [5.74, 6) is 0. The number of hydrogen-bond acceptors (Lipinski definition) is 4. The van der Waals surface area contributed by atoms with Crippen molar-refractivity contribution in [1.29, 1.82) is 0 Å². The van der Waals surface area contributed by atoms with Crippen molar-refractivity contribution in [3.05, 3.63) is 0 Å². The van der Waals surface area contributed by atoms with E-state index in [1.165, 1.54) is 0 Å². The van der Waals surface area contributed by atoms with Crippen molar-refractivity contribution >= 4 is 17.3 Å². The van der Waals surface area contributed by atoms with Crippen LogP contribution in [0.4, 0.5) is 0 Å². The van der Waals surface area contributed by atoms with Crippen LogP contribution in [0.3, 0.4) is 0 Å². The molecule has 0 heterocycles. The fourth-order valence-electron chi connectivity index (χ4n) is 0.449. The van der Waals surface area contributed by atoms with E-state index in [2.05, 4.69) is 4.99 Å². The molecule has 0 aliphatic heterocycles. The number of aliphatic imine (C=N–C) groups is 1. The van der Waals surface area contributed by atoms with E-state index in [1.807, 2.05) is 25.9 Å². The Morgan fingerprint density at radius 1 is 1.50 bits per heavy atom. The van der Waals surface area contributed by atoms with Crippen LogP contribution in [0, 0.1) is 0 Å². The lowest BCUT2D eigenvalue weighted by Gasteiger charge is -2.10. The van der Waals surface area contributed by atoms with Crippen LogP contribution in [0.2, 0.25) is 0 Å². The number of nitrogens with zero attached hydrogens (tertiary/aromatic N) is 2. The fourth-order valence-corrected chi connectivity index (χ4v) is 1.02. The van der Waals surface area contributed by atoms with Crippen LogP contribution >= 0.6 is 11.8 Å². The van der Waals surface area contributed by atoms with E-state index >= 15 is 0 Å². The number of aliphatic hydroxyl groups excluding tert-OH is 1. The van der Waals surface area contributed by atoms with E-state index in [0.29, 0.717) is 6.67 Å². The minimum atomic E-state index is -0.277. The van der Waals surface area contributed by atoms with Gasteiger partial charge in [-0.1, -0.05) is 6.92 Å². The van der Waals surface area contributed by atoms with Gasteiger partial charge in [0.05, 0.1) is 18.3 Å². The SMILES string of the molecule is CC(SC=NCN(C)C)[C@H](C)O. The second-order valence-corrected chi connectivity index (χ2v) is 4.32. The third-order valence-electron chi connectivity index (χ3n) is 1.39. The molecule has 0 amide bonds. The first-order chi connectivity index (χ1) is 5.54. The van der Waals surface area contributed by atoms with Gasteiger partial charge in [-0.3, -0.25) is 9.89 Å². The van der Waals surface area contributed by atoms with Gasteiger partial charge in [0.2, 0.25) is 0 Å². The zero-order chi connectivity index (χ0) is 9.56. The summed E-state index contributed by atoms with van der Waals surface area (Å²) < 4.78 is 0. The molecule has 1 unspecified atom stereocenters. The molecule has 4 heteroatoms. The van der Waals surface area contributed by atoms with Gasteiger partial charge >= 0.3 is 0 Å². The maximum atomic E-state index is 9.14. The fraction of sp³-hybridized carbons (Fsp3) is 0.875. The third-order valence-corrected chi connectivity index (χ3v) is 2.49. The van der Waals surface area contributed by atoms with Gasteiger partial charge in [0, 0.05) is 5.25 Å². The highest BCUT2D eigenvalue weighted by molar-refractivity contribution is 8.12. The molecule has 3 nitrogen and oxygen atoms in total. The summed E-state index contributed by atoms with van der Waals surface area (Å²) in [6.07, 6.45) is -0.277. The highest BCUT2D eigenvalue weighted by Gasteiger charge is 2.06. The molecule has 72 valence electrons. The molecular weight excluding hydrogens is 172 g/mol. The summed E-state index contributed by atoms with van der Waals surface area (Å²) in [6, 6.07) is 0. The van der Waals surface area contributed by atoms with Gasteiger partial charge in [-0.2, -0.15) is 0 Å². The Hall–Kier alpha value is -0.0600.